The van der Waals surface area contributed by atoms with E-state index in [-0.39, 0.29) is 0 Å². The van der Waals surface area contributed by atoms with Crippen LogP contribution in [0.3, 0.4) is 0 Å². The molecular formula is C32H46BN5. The van der Waals surface area contributed by atoms with Crippen molar-refractivity contribution < 1.29 is 4.58 Å². The van der Waals surface area contributed by atoms with Crippen molar-refractivity contribution in [3.63, 3.8) is 0 Å². The summed E-state index contributed by atoms with van der Waals surface area (Å²) in [5.41, 5.74) is 4.33. The van der Waals surface area contributed by atoms with Crippen LogP contribution in [0.1, 0.15) is 19.8 Å². The highest BCUT2D eigenvalue weighted by atomic mass is 15.5. The van der Waals surface area contributed by atoms with Gasteiger partial charge in [0.2, 0.25) is 0 Å². The van der Waals surface area contributed by atoms with Crippen molar-refractivity contribution in [2.45, 2.75) is 26.1 Å². The lowest BCUT2D eigenvalue weighted by molar-refractivity contribution is -0.490. The monoisotopic (exact) mass is 511 g/mol. The number of guanidine groups is 2. The summed E-state index contributed by atoms with van der Waals surface area (Å²) < 4.78 is 2.24. The van der Waals surface area contributed by atoms with Gasteiger partial charge in [0.05, 0.1) is 40.4 Å². The van der Waals surface area contributed by atoms with Gasteiger partial charge in [0.15, 0.2) is 0 Å². The topological polar surface area (TPSA) is 25.1 Å². The predicted octanol–water partition coefficient (Wildman–Crippen LogP) is 3.37. The van der Waals surface area contributed by atoms with Gasteiger partial charge in [-0.15, -0.1) is 0 Å². The highest BCUT2D eigenvalue weighted by Gasteiger charge is 2.32. The van der Waals surface area contributed by atoms with Gasteiger partial charge < -0.3 is 4.90 Å². The Morgan fingerprint density at radius 3 is 1.61 bits per heavy atom. The van der Waals surface area contributed by atoms with Crippen molar-refractivity contribution in [3.8, 4) is 0 Å². The van der Waals surface area contributed by atoms with Crippen molar-refractivity contribution in [2.75, 3.05) is 55.4 Å². The molecule has 0 bridgehead atoms. The number of hydrogen-bond donors (Lipinski definition) is 0. The first-order valence-electron chi connectivity index (χ1n) is 13.9. The van der Waals surface area contributed by atoms with E-state index >= 15 is 0 Å². The highest BCUT2D eigenvalue weighted by molar-refractivity contribution is 7.11. The molecule has 0 saturated carbocycles. The zero-order chi connectivity index (χ0) is 27.5. The van der Waals surface area contributed by atoms with E-state index in [4.69, 9.17) is 0 Å². The van der Waals surface area contributed by atoms with E-state index in [2.05, 4.69) is 138 Å². The van der Waals surface area contributed by atoms with Gasteiger partial charge in [-0.3, -0.25) is 9.48 Å². The van der Waals surface area contributed by atoms with Crippen LogP contribution in [-0.2, 0) is 0 Å². The van der Waals surface area contributed by atoms with Crippen LogP contribution in [0.25, 0.3) is 0 Å². The Morgan fingerprint density at radius 1 is 0.842 bits per heavy atom. The lowest BCUT2D eigenvalue weighted by atomic mass is 9.14. The molecule has 0 aliphatic carbocycles. The molecule has 5 nitrogen and oxygen atoms in total. The lowest BCUT2D eigenvalue weighted by Gasteiger charge is -2.43. The smallest absolute Gasteiger partial charge is 0.336 e. The van der Waals surface area contributed by atoms with Crippen molar-refractivity contribution >= 4 is 34.5 Å². The minimum Gasteiger partial charge on any atom is -0.336 e. The maximum Gasteiger partial charge on any atom is 0.357 e. The Kier molecular flexibility index (Phi) is 10.6. The summed E-state index contributed by atoms with van der Waals surface area (Å²) >= 11 is 0. The Bertz CT molecular complexity index is 1080. The van der Waals surface area contributed by atoms with Gasteiger partial charge in [0.1, 0.15) is 0 Å². The van der Waals surface area contributed by atoms with E-state index in [0.717, 1.165) is 19.0 Å². The third-order valence-corrected chi connectivity index (χ3v) is 7.75. The Labute approximate surface area is 231 Å². The number of aliphatic imine (C=N–C) groups is 1. The van der Waals surface area contributed by atoms with Gasteiger partial charge >= 0.3 is 5.96 Å². The summed E-state index contributed by atoms with van der Waals surface area (Å²) in [5, 5.41) is 0. The van der Waals surface area contributed by atoms with Crippen LogP contribution in [0.4, 0.5) is 0 Å². The number of likely N-dealkylation sites (N-methyl/N-ethyl adjacent to an activating group) is 2. The van der Waals surface area contributed by atoms with Crippen LogP contribution in [0.2, 0.25) is 6.32 Å². The number of nitrogens with zero attached hydrogens (tertiary/aromatic N) is 5. The van der Waals surface area contributed by atoms with Gasteiger partial charge in [-0.25, -0.2) is 9.89 Å². The molecule has 3 aromatic carbocycles. The van der Waals surface area contributed by atoms with Gasteiger partial charge in [-0.1, -0.05) is 111 Å². The number of hydrogen-bond acceptors (Lipinski definition) is 2. The highest BCUT2D eigenvalue weighted by Crippen LogP contribution is 2.16. The maximum atomic E-state index is 4.30. The summed E-state index contributed by atoms with van der Waals surface area (Å²) in [6, 6.07) is 33.2. The quantitative estimate of drug-likeness (QED) is 0.220. The molecule has 0 saturated heterocycles. The zero-order valence-electron chi connectivity index (χ0n) is 24.5. The molecule has 0 amide bonds. The summed E-state index contributed by atoms with van der Waals surface area (Å²) in [5.74, 6) is 2.16. The van der Waals surface area contributed by atoms with Gasteiger partial charge in [0, 0.05) is 21.1 Å². The molecule has 4 rings (SSSR count). The molecular weight excluding hydrogens is 465 g/mol. The van der Waals surface area contributed by atoms with Crippen LogP contribution in [0.15, 0.2) is 96.0 Å². The first-order valence-corrected chi connectivity index (χ1v) is 13.9. The minimum absolute atomic E-state index is 0.913. The predicted molar refractivity (Wildman–Crippen MR) is 167 cm³/mol. The molecule has 1 aliphatic rings. The Balaban J connectivity index is 0.000000232. The first-order chi connectivity index (χ1) is 18.4. The molecule has 6 heteroatoms. The number of rotatable bonds is 6. The molecule has 0 N–H and O–H groups in total. The van der Waals surface area contributed by atoms with Crippen molar-refractivity contribution in [1.82, 2.24) is 14.7 Å². The van der Waals surface area contributed by atoms with E-state index in [0.29, 0.717) is 0 Å². The van der Waals surface area contributed by atoms with Crippen LogP contribution in [-0.4, -0.2) is 92.7 Å². The molecule has 0 unspecified atom stereocenters. The van der Waals surface area contributed by atoms with Crippen molar-refractivity contribution in [2.24, 2.45) is 4.99 Å². The molecule has 0 aromatic heterocycles. The van der Waals surface area contributed by atoms with Gasteiger partial charge in [-0.05, 0) is 0 Å². The molecule has 38 heavy (non-hydrogen) atoms. The molecule has 0 fully saturated rings. The van der Waals surface area contributed by atoms with Crippen molar-refractivity contribution in [3.05, 3.63) is 91.0 Å². The average Bonchev–Trinajstić information content (AvgIpc) is 3.29. The third-order valence-electron chi connectivity index (χ3n) is 7.75. The van der Waals surface area contributed by atoms with Crippen LogP contribution in [0, 0.1) is 0 Å². The van der Waals surface area contributed by atoms with E-state index in [1.54, 1.807) is 0 Å². The third kappa shape index (κ3) is 6.47. The molecule has 1 aliphatic heterocycles. The second-order valence-corrected chi connectivity index (χ2v) is 10.5. The summed E-state index contributed by atoms with van der Waals surface area (Å²) in [4.78, 5) is 10.7. The summed E-state index contributed by atoms with van der Waals surface area (Å²) in [7, 11) is 12.1. The molecule has 0 atom stereocenters. The van der Waals surface area contributed by atoms with Crippen LogP contribution in [0.5, 0.6) is 0 Å². The number of benzene rings is 3. The Morgan fingerprint density at radius 2 is 1.29 bits per heavy atom. The van der Waals surface area contributed by atoms with Gasteiger partial charge in [0.25, 0.3) is 5.96 Å². The van der Waals surface area contributed by atoms with E-state index in [1.165, 1.54) is 41.5 Å². The lowest BCUT2D eigenvalue weighted by Crippen LogP contribution is -2.66. The van der Waals surface area contributed by atoms with E-state index in [9.17, 15) is 0 Å². The fraction of sp³-hybridized carbons (Fsp3) is 0.375. The van der Waals surface area contributed by atoms with Gasteiger partial charge in [-0.2, -0.15) is 22.7 Å². The fourth-order valence-corrected chi connectivity index (χ4v) is 5.98. The number of unbranched alkanes of at least 4 members (excludes halogenated alkanes) is 1. The maximum absolute atomic E-state index is 4.30. The molecule has 0 radical (unpaired) electrons. The SMILES string of the molecule is CCCC[B-](c1ccccc1)(c1ccccc1)c1ccccc1.CN=C(N(C)C)N(C)C1=[N+](C)CCN1C. The average molecular weight is 512 g/mol. The standard InChI is InChI=1S/C22H24B.C10H22N5/c1-2-3-19-23(20-13-7-4-8-14-20,21-15-9-5-10-16-21)22-17-11-6-12-18-22;1-11-9(12(2)3)15(6)10-13(4)7-8-14(10)5/h4-18H,2-3,19H2,1H3;7-8H2,1-6H3/q-1;+1. The molecule has 3 aromatic rings. The normalized spacial score (nSPS) is 13.8. The summed E-state index contributed by atoms with van der Waals surface area (Å²) in [6.07, 6.45) is 2.73. The largest absolute Gasteiger partial charge is 0.357 e. The zero-order valence-corrected chi connectivity index (χ0v) is 24.5. The van der Waals surface area contributed by atoms with E-state index in [1.807, 2.05) is 26.0 Å². The summed E-state index contributed by atoms with van der Waals surface area (Å²) in [6.45, 7) is 4.42. The first kappa shape index (κ1) is 29.0. The van der Waals surface area contributed by atoms with Crippen LogP contribution >= 0.6 is 0 Å². The molecule has 202 valence electrons. The second-order valence-electron chi connectivity index (χ2n) is 10.5. The molecule has 0 spiro atoms. The van der Waals surface area contributed by atoms with E-state index < -0.39 is 6.15 Å². The fourth-order valence-electron chi connectivity index (χ4n) is 5.98. The minimum atomic E-state index is -0.913. The van der Waals surface area contributed by atoms with Crippen LogP contribution < -0.4 is 16.4 Å². The second kappa shape index (κ2) is 13.8. The Hall–Kier alpha value is -3.54. The molecule has 1 heterocycles. The van der Waals surface area contributed by atoms with Crippen molar-refractivity contribution in [1.29, 1.82) is 0 Å².